The second kappa shape index (κ2) is 10.5. The fraction of sp³-hybridized carbons (Fsp3) is 0.129. The number of amides is 2. The summed E-state index contributed by atoms with van der Waals surface area (Å²) in [5, 5.41) is 16.3. The molecule has 0 radical (unpaired) electrons. The Hall–Kier alpha value is -3.85. The highest BCUT2D eigenvalue weighted by Crippen LogP contribution is 2.58. The molecule has 0 aromatic heterocycles. The lowest BCUT2D eigenvalue weighted by atomic mass is 9.59. The van der Waals surface area contributed by atoms with Crippen molar-refractivity contribution in [3.8, 4) is 11.5 Å². The van der Waals surface area contributed by atoms with Crippen LogP contribution in [0.15, 0.2) is 89.4 Å². The number of benzene rings is 4. The van der Waals surface area contributed by atoms with Crippen molar-refractivity contribution in [3.05, 3.63) is 122 Å². The third kappa shape index (κ3) is 4.76. The molecule has 10 heteroatoms. The first-order chi connectivity index (χ1) is 19.7. The molecule has 0 saturated carbocycles. The molecule has 2 heterocycles. The second-order valence-corrected chi connectivity index (χ2v) is 11.7. The molecule has 2 amide bonds. The summed E-state index contributed by atoms with van der Waals surface area (Å²) in [6.45, 7) is 0. The van der Waals surface area contributed by atoms with Gasteiger partial charge >= 0.3 is 5.97 Å². The number of hydrogen-bond acceptors (Lipinski definition) is 4. The van der Waals surface area contributed by atoms with Crippen LogP contribution in [-0.2, 0) is 15.0 Å². The van der Waals surface area contributed by atoms with E-state index >= 15 is 0 Å². The zero-order chi connectivity index (χ0) is 28.9. The zero-order valence-electron chi connectivity index (χ0n) is 21.2. The molecule has 0 aliphatic carbocycles. The lowest BCUT2D eigenvalue weighted by molar-refractivity contribution is -0.131. The van der Waals surface area contributed by atoms with Gasteiger partial charge in [-0.2, -0.15) is 0 Å². The van der Waals surface area contributed by atoms with E-state index in [1.54, 1.807) is 54.6 Å². The van der Waals surface area contributed by atoms with Gasteiger partial charge in [0.25, 0.3) is 0 Å². The number of nitrogens with one attached hydrogen (secondary N) is 2. The molecule has 3 N–H and O–H groups in total. The minimum atomic E-state index is -1.29. The number of carboxylic acid groups (broad SMARTS) is 1. The zero-order valence-corrected chi connectivity index (χ0v) is 24.3. The van der Waals surface area contributed by atoms with E-state index in [9.17, 15) is 19.5 Å². The molecular weight excluding hydrogens is 631 g/mol. The van der Waals surface area contributed by atoms with Crippen molar-refractivity contribution in [3.63, 3.8) is 0 Å². The standard InChI is InChI=1S/C31H21BrCl2N2O5/c32-18-6-11-26(41-21-8-4-16(5-9-21)29(38)39)22(13-18)28-31(23-10-7-20(34)14-25(23)35-30(31)40)24(15-27(37)36-28)17-2-1-3-19(33)12-17/h1-14,24,28H,15H2,(H,35,40)(H,36,37)(H,38,39)/t24-,28+,31-/m0/s1. The van der Waals surface area contributed by atoms with Crippen molar-refractivity contribution in [1.29, 1.82) is 0 Å². The van der Waals surface area contributed by atoms with Crippen molar-refractivity contribution >= 4 is 62.6 Å². The first kappa shape index (κ1) is 27.3. The summed E-state index contributed by atoms with van der Waals surface area (Å²) in [6, 6.07) is 22.9. The molecule has 7 nitrogen and oxygen atoms in total. The number of rotatable bonds is 5. The van der Waals surface area contributed by atoms with Gasteiger partial charge in [-0.3, -0.25) is 9.59 Å². The number of ether oxygens (including phenoxy) is 1. The van der Waals surface area contributed by atoms with Gasteiger partial charge in [-0.25, -0.2) is 4.79 Å². The third-order valence-electron chi connectivity index (χ3n) is 7.61. The van der Waals surface area contributed by atoms with Crippen LogP contribution in [0.4, 0.5) is 5.69 Å². The number of halogens is 3. The van der Waals surface area contributed by atoms with Crippen molar-refractivity contribution in [2.75, 3.05) is 5.32 Å². The van der Waals surface area contributed by atoms with Crippen LogP contribution in [0.25, 0.3) is 0 Å². The van der Waals surface area contributed by atoms with Gasteiger partial charge in [-0.15, -0.1) is 0 Å². The second-order valence-electron chi connectivity index (χ2n) is 9.94. The summed E-state index contributed by atoms with van der Waals surface area (Å²) in [5.74, 6) is -1.37. The lowest BCUT2D eigenvalue weighted by Gasteiger charge is -2.46. The van der Waals surface area contributed by atoms with Crippen LogP contribution < -0.4 is 15.4 Å². The monoisotopic (exact) mass is 650 g/mol. The predicted octanol–water partition coefficient (Wildman–Crippen LogP) is 7.48. The van der Waals surface area contributed by atoms with Crippen LogP contribution in [0.5, 0.6) is 11.5 Å². The number of piperidine rings is 1. The number of hydrogen-bond donors (Lipinski definition) is 3. The van der Waals surface area contributed by atoms with Gasteiger partial charge in [0.1, 0.15) is 16.9 Å². The molecule has 41 heavy (non-hydrogen) atoms. The van der Waals surface area contributed by atoms with Gasteiger partial charge in [0.05, 0.1) is 11.6 Å². The Balaban J connectivity index is 1.56. The molecule has 2 aliphatic heterocycles. The number of carbonyl (C=O) groups is 3. The van der Waals surface area contributed by atoms with Crippen LogP contribution in [0.2, 0.25) is 10.0 Å². The summed E-state index contributed by atoms with van der Waals surface area (Å²) < 4.78 is 6.97. The average Bonchev–Trinajstić information content (AvgIpc) is 3.22. The van der Waals surface area contributed by atoms with E-state index in [1.165, 1.54) is 12.1 Å². The van der Waals surface area contributed by atoms with E-state index in [2.05, 4.69) is 26.6 Å². The van der Waals surface area contributed by atoms with E-state index in [4.69, 9.17) is 27.9 Å². The van der Waals surface area contributed by atoms with Crippen molar-refractivity contribution in [2.45, 2.75) is 23.8 Å². The van der Waals surface area contributed by atoms with E-state index < -0.39 is 23.3 Å². The maximum absolute atomic E-state index is 14.3. The predicted molar refractivity (Wildman–Crippen MR) is 159 cm³/mol. The Labute approximate surface area is 253 Å². The van der Waals surface area contributed by atoms with Crippen LogP contribution in [0.3, 0.4) is 0 Å². The summed E-state index contributed by atoms with van der Waals surface area (Å²) in [6.07, 6.45) is 0.0488. The van der Waals surface area contributed by atoms with Crippen LogP contribution in [0.1, 0.15) is 45.4 Å². The van der Waals surface area contributed by atoms with E-state index in [-0.39, 0.29) is 23.8 Å². The summed E-state index contributed by atoms with van der Waals surface area (Å²) in [4.78, 5) is 39.0. The van der Waals surface area contributed by atoms with Gasteiger partial charge in [-0.1, -0.05) is 57.3 Å². The van der Waals surface area contributed by atoms with Crippen molar-refractivity contribution in [2.24, 2.45) is 0 Å². The van der Waals surface area contributed by atoms with Gasteiger partial charge in [0.15, 0.2) is 0 Å². The highest BCUT2D eigenvalue weighted by Gasteiger charge is 2.61. The summed E-state index contributed by atoms with van der Waals surface area (Å²) in [5.41, 5.74) is 1.40. The molecule has 4 aromatic carbocycles. The molecular formula is C31H21BrCl2N2O5. The molecule has 1 saturated heterocycles. The fourth-order valence-electron chi connectivity index (χ4n) is 5.90. The molecule has 3 atom stereocenters. The minimum absolute atomic E-state index is 0.0488. The molecule has 2 aliphatic rings. The molecule has 0 bridgehead atoms. The van der Waals surface area contributed by atoms with E-state index in [0.29, 0.717) is 42.8 Å². The maximum atomic E-state index is 14.3. The molecule has 4 aromatic rings. The molecule has 1 fully saturated rings. The quantitative estimate of drug-likeness (QED) is 0.208. The minimum Gasteiger partial charge on any atom is -0.478 e. The van der Waals surface area contributed by atoms with E-state index in [1.807, 2.05) is 18.2 Å². The Morgan fingerprint density at radius 2 is 1.71 bits per heavy atom. The molecule has 0 unspecified atom stereocenters. The molecule has 1 spiro atoms. The highest BCUT2D eigenvalue weighted by molar-refractivity contribution is 9.10. The average molecular weight is 652 g/mol. The topological polar surface area (TPSA) is 105 Å². The van der Waals surface area contributed by atoms with Gasteiger partial charge in [0.2, 0.25) is 11.8 Å². The number of carboxylic acids is 1. The van der Waals surface area contributed by atoms with Gasteiger partial charge < -0.3 is 20.5 Å². The Morgan fingerprint density at radius 3 is 2.44 bits per heavy atom. The van der Waals surface area contributed by atoms with Crippen LogP contribution >= 0.6 is 39.1 Å². The third-order valence-corrected chi connectivity index (χ3v) is 8.58. The summed E-state index contributed by atoms with van der Waals surface area (Å²) >= 11 is 16.2. The first-order valence-electron chi connectivity index (χ1n) is 12.6. The normalized spacial score (nSPS) is 21.2. The molecule has 6 rings (SSSR count). The Kier molecular flexibility index (Phi) is 7.01. The smallest absolute Gasteiger partial charge is 0.335 e. The van der Waals surface area contributed by atoms with Gasteiger partial charge in [0, 0.05) is 38.1 Å². The molecule has 206 valence electrons. The SMILES string of the molecule is O=C1C[C@@H](c2cccc(Cl)c2)[C@]2(C(=O)Nc3cc(Cl)ccc32)[C@@H](c2cc(Br)ccc2Oc2ccc(C(=O)O)cc2)N1. The number of aromatic carboxylic acids is 1. The largest absolute Gasteiger partial charge is 0.478 e. The van der Waals surface area contributed by atoms with Crippen LogP contribution in [-0.4, -0.2) is 22.9 Å². The van der Waals surface area contributed by atoms with Crippen molar-refractivity contribution < 1.29 is 24.2 Å². The number of anilines is 1. The summed E-state index contributed by atoms with van der Waals surface area (Å²) in [7, 11) is 0. The fourth-order valence-corrected chi connectivity index (χ4v) is 6.65. The van der Waals surface area contributed by atoms with Gasteiger partial charge in [-0.05, 0) is 77.9 Å². The van der Waals surface area contributed by atoms with Crippen molar-refractivity contribution in [1.82, 2.24) is 5.32 Å². The van der Waals surface area contributed by atoms with Crippen LogP contribution in [0, 0.1) is 0 Å². The Morgan fingerprint density at radius 1 is 0.951 bits per heavy atom. The maximum Gasteiger partial charge on any atom is 0.335 e. The Bertz CT molecular complexity index is 1730. The first-order valence-corrected chi connectivity index (χ1v) is 14.2. The number of fused-ring (bicyclic) bond motifs is 2. The number of carbonyl (C=O) groups excluding carboxylic acids is 2. The lowest BCUT2D eigenvalue weighted by Crippen LogP contribution is -2.56. The van der Waals surface area contributed by atoms with E-state index in [0.717, 1.165) is 5.56 Å². The highest BCUT2D eigenvalue weighted by atomic mass is 79.9.